The summed E-state index contributed by atoms with van der Waals surface area (Å²) in [6.07, 6.45) is -1.10. The molecule has 8 heteroatoms. The fourth-order valence-corrected chi connectivity index (χ4v) is 4.45. The quantitative estimate of drug-likeness (QED) is 0.322. The van der Waals surface area contributed by atoms with E-state index in [1.54, 1.807) is 0 Å². The summed E-state index contributed by atoms with van der Waals surface area (Å²) in [4.78, 5) is 36.4. The zero-order valence-corrected chi connectivity index (χ0v) is 20.4. The van der Waals surface area contributed by atoms with Gasteiger partial charge in [-0.2, -0.15) is 0 Å². The fourth-order valence-electron chi connectivity index (χ4n) is 4.45. The summed E-state index contributed by atoms with van der Waals surface area (Å²) in [5, 5.41) is 14.3. The second-order valence-electron chi connectivity index (χ2n) is 8.78. The van der Waals surface area contributed by atoms with Crippen molar-refractivity contribution < 1.29 is 29.0 Å². The Morgan fingerprint density at radius 1 is 0.865 bits per heavy atom. The first-order valence-electron chi connectivity index (χ1n) is 12.3. The SMILES string of the molecule is O=C(O)CCC(NC(=O)OCC1c2ccccc2-c2ccccc21)C(=O)NCCOCc1ccccc1. The molecule has 2 amide bonds. The molecule has 1 atom stereocenters. The van der Waals surface area contributed by atoms with Gasteiger partial charge in [-0.3, -0.25) is 9.59 Å². The Morgan fingerprint density at radius 3 is 2.14 bits per heavy atom. The number of hydrogen-bond donors (Lipinski definition) is 3. The van der Waals surface area contributed by atoms with Crippen LogP contribution in [0.15, 0.2) is 78.9 Å². The highest BCUT2D eigenvalue weighted by Gasteiger charge is 2.30. The lowest BCUT2D eigenvalue weighted by molar-refractivity contribution is -0.137. The van der Waals surface area contributed by atoms with Gasteiger partial charge in [0, 0.05) is 18.9 Å². The molecule has 1 aliphatic carbocycles. The summed E-state index contributed by atoms with van der Waals surface area (Å²) in [5.74, 6) is -1.66. The van der Waals surface area contributed by atoms with Crippen molar-refractivity contribution in [2.24, 2.45) is 0 Å². The van der Waals surface area contributed by atoms with Crippen LogP contribution in [0, 0.1) is 0 Å². The molecule has 1 unspecified atom stereocenters. The molecular formula is C29H30N2O6. The predicted octanol–water partition coefficient (Wildman–Crippen LogP) is 4.09. The zero-order chi connectivity index (χ0) is 26.0. The van der Waals surface area contributed by atoms with Crippen molar-refractivity contribution in [3.05, 3.63) is 95.6 Å². The van der Waals surface area contributed by atoms with Gasteiger partial charge in [0.2, 0.25) is 5.91 Å². The van der Waals surface area contributed by atoms with Gasteiger partial charge in [-0.25, -0.2) is 4.79 Å². The van der Waals surface area contributed by atoms with Gasteiger partial charge in [0.05, 0.1) is 13.2 Å². The number of carboxylic acids is 1. The summed E-state index contributed by atoms with van der Waals surface area (Å²) < 4.78 is 11.1. The van der Waals surface area contributed by atoms with Gasteiger partial charge in [-0.05, 0) is 34.2 Å². The standard InChI is InChI=1S/C29H30N2O6/c32-27(33)15-14-26(28(34)30-16-17-36-18-20-8-2-1-3-9-20)31-29(35)37-19-25-23-12-6-4-10-21(23)22-11-5-7-13-24(22)25/h1-13,25-26H,14-19H2,(H,30,34)(H,31,35)(H,32,33). The summed E-state index contributed by atoms with van der Waals surface area (Å²) in [6, 6.07) is 24.6. The first-order chi connectivity index (χ1) is 18.0. The highest BCUT2D eigenvalue weighted by molar-refractivity contribution is 5.86. The molecule has 0 saturated carbocycles. The van der Waals surface area contributed by atoms with Crippen molar-refractivity contribution in [1.82, 2.24) is 10.6 Å². The third-order valence-corrected chi connectivity index (χ3v) is 6.26. The van der Waals surface area contributed by atoms with Crippen LogP contribution in [0.4, 0.5) is 4.79 Å². The van der Waals surface area contributed by atoms with E-state index in [0.29, 0.717) is 6.61 Å². The Hall–Kier alpha value is -4.17. The van der Waals surface area contributed by atoms with Crippen LogP contribution in [0.2, 0.25) is 0 Å². The first kappa shape index (κ1) is 25.9. The van der Waals surface area contributed by atoms with E-state index >= 15 is 0 Å². The molecule has 0 fully saturated rings. The minimum atomic E-state index is -1.06. The highest BCUT2D eigenvalue weighted by atomic mass is 16.5. The number of hydrogen-bond acceptors (Lipinski definition) is 5. The number of rotatable bonds is 12. The van der Waals surface area contributed by atoms with Gasteiger partial charge in [0.15, 0.2) is 0 Å². The molecule has 0 saturated heterocycles. The van der Waals surface area contributed by atoms with E-state index in [4.69, 9.17) is 14.6 Å². The average Bonchev–Trinajstić information content (AvgIpc) is 3.23. The van der Waals surface area contributed by atoms with Crippen LogP contribution in [0.3, 0.4) is 0 Å². The molecule has 4 rings (SSSR count). The van der Waals surface area contributed by atoms with Crippen LogP contribution in [0.1, 0.15) is 35.4 Å². The second kappa shape index (κ2) is 12.7. The molecular weight excluding hydrogens is 472 g/mol. The molecule has 3 aromatic rings. The largest absolute Gasteiger partial charge is 0.481 e. The normalized spacial score (nSPS) is 12.8. The number of alkyl carbamates (subject to hydrolysis) is 1. The van der Waals surface area contributed by atoms with E-state index in [1.807, 2.05) is 78.9 Å². The van der Waals surface area contributed by atoms with Crippen molar-refractivity contribution >= 4 is 18.0 Å². The smallest absolute Gasteiger partial charge is 0.407 e. The average molecular weight is 503 g/mol. The Bertz CT molecular complexity index is 1180. The number of ether oxygens (including phenoxy) is 2. The molecule has 3 N–H and O–H groups in total. The van der Waals surface area contributed by atoms with E-state index in [-0.39, 0.29) is 38.5 Å². The minimum absolute atomic E-state index is 0.0593. The summed E-state index contributed by atoms with van der Waals surface area (Å²) in [6.45, 7) is 1.01. The molecule has 0 heterocycles. The minimum Gasteiger partial charge on any atom is -0.481 e. The third kappa shape index (κ3) is 6.95. The van der Waals surface area contributed by atoms with Gasteiger partial charge < -0.3 is 25.2 Å². The van der Waals surface area contributed by atoms with Crippen molar-refractivity contribution in [3.63, 3.8) is 0 Å². The number of carbonyl (C=O) groups is 3. The molecule has 0 aromatic heterocycles. The number of benzene rings is 3. The van der Waals surface area contributed by atoms with Crippen LogP contribution in [-0.4, -0.2) is 48.9 Å². The van der Waals surface area contributed by atoms with Crippen molar-refractivity contribution in [2.45, 2.75) is 31.4 Å². The zero-order valence-electron chi connectivity index (χ0n) is 20.4. The topological polar surface area (TPSA) is 114 Å². The maximum absolute atomic E-state index is 12.7. The fraction of sp³-hybridized carbons (Fsp3) is 0.276. The molecule has 1 aliphatic rings. The lowest BCUT2D eigenvalue weighted by Crippen LogP contribution is -2.48. The van der Waals surface area contributed by atoms with Gasteiger partial charge in [-0.1, -0.05) is 78.9 Å². The van der Waals surface area contributed by atoms with Crippen LogP contribution in [0.25, 0.3) is 11.1 Å². The Labute approximate surface area is 215 Å². The molecule has 192 valence electrons. The third-order valence-electron chi connectivity index (χ3n) is 6.26. The molecule has 0 spiro atoms. The summed E-state index contributed by atoms with van der Waals surface area (Å²) in [5.41, 5.74) is 5.39. The molecule has 37 heavy (non-hydrogen) atoms. The van der Waals surface area contributed by atoms with E-state index in [2.05, 4.69) is 10.6 Å². The Morgan fingerprint density at radius 2 is 1.49 bits per heavy atom. The molecule has 0 bridgehead atoms. The van der Waals surface area contributed by atoms with Gasteiger partial charge in [0.25, 0.3) is 0 Å². The van der Waals surface area contributed by atoms with Crippen LogP contribution >= 0.6 is 0 Å². The van der Waals surface area contributed by atoms with Crippen molar-refractivity contribution in [3.8, 4) is 11.1 Å². The Kier molecular flexibility index (Phi) is 8.89. The number of amides is 2. The molecule has 3 aromatic carbocycles. The van der Waals surface area contributed by atoms with Gasteiger partial charge >= 0.3 is 12.1 Å². The highest BCUT2D eigenvalue weighted by Crippen LogP contribution is 2.44. The predicted molar refractivity (Wildman–Crippen MR) is 138 cm³/mol. The first-order valence-corrected chi connectivity index (χ1v) is 12.3. The molecule has 0 radical (unpaired) electrons. The molecule has 8 nitrogen and oxygen atoms in total. The van der Waals surface area contributed by atoms with E-state index in [0.717, 1.165) is 27.8 Å². The number of carboxylic acid groups (broad SMARTS) is 1. The van der Waals surface area contributed by atoms with Crippen molar-refractivity contribution in [1.29, 1.82) is 0 Å². The van der Waals surface area contributed by atoms with Crippen LogP contribution in [-0.2, 0) is 25.7 Å². The van der Waals surface area contributed by atoms with Gasteiger partial charge in [0.1, 0.15) is 12.6 Å². The lowest BCUT2D eigenvalue weighted by atomic mass is 9.98. The number of nitrogens with one attached hydrogen (secondary N) is 2. The van der Waals surface area contributed by atoms with E-state index in [9.17, 15) is 14.4 Å². The maximum atomic E-state index is 12.7. The van der Waals surface area contributed by atoms with Crippen molar-refractivity contribution in [2.75, 3.05) is 19.8 Å². The maximum Gasteiger partial charge on any atom is 0.407 e. The van der Waals surface area contributed by atoms with Crippen LogP contribution in [0.5, 0.6) is 0 Å². The summed E-state index contributed by atoms with van der Waals surface area (Å²) in [7, 11) is 0. The van der Waals surface area contributed by atoms with Crippen LogP contribution < -0.4 is 10.6 Å². The number of aliphatic carboxylic acids is 1. The van der Waals surface area contributed by atoms with Gasteiger partial charge in [-0.15, -0.1) is 0 Å². The van der Waals surface area contributed by atoms with E-state index in [1.165, 1.54) is 0 Å². The molecule has 0 aliphatic heterocycles. The number of carbonyl (C=O) groups excluding carboxylic acids is 2. The summed E-state index contributed by atoms with van der Waals surface area (Å²) >= 11 is 0. The second-order valence-corrected chi connectivity index (χ2v) is 8.78. The van der Waals surface area contributed by atoms with E-state index < -0.39 is 24.0 Å². The lowest BCUT2D eigenvalue weighted by Gasteiger charge is -2.19. The monoisotopic (exact) mass is 502 g/mol. The number of fused-ring (bicyclic) bond motifs is 3. The Balaban J connectivity index is 1.29.